The minimum absolute atomic E-state index is 0.596. The van der Waals surface area contributed by atoms with Gasteiger partial charge in [-0.15, -0.1) is 0 Å². The van der Waals surface area contributed by atoms with Gasteiger partial charge >= 0.3 is 0 Å². The van der Waals surface area contributed by atoms with Crippen molar-refractivity contribution in [3.63, 3.8) is 0 Å². The molecule has 0 saturated carbocycles. The molecule has 0 radical (unpaired) electrons. The quantitative estimate of drug-likeness (QED) is 0.195. The van der Waals surface area contributed by atoms with E-state index in [1.54, 1.807) is 0 Å². The molecule has 0 fully saturated rings. The molecule has 228 valence electrons. The van der Waals surface area contributed by atoms with Crippen LogP contribution in [0.2, 0.25) is 0 Å². The molecule has 49 heavy (non-hydrogen) atoms. The van der Waals surface area contributed by atoms with Crippen LogP contribution in [0, 0.1) is 0 Å². The van der Waals surface area contributed by atoms with Gasteiger partial charge in [-0.1, -0.05) is 127 Å². The summed E-state index contributed by atoms with van der Waals surface area (Å²) in [7, 11) is 0. The predicted molar refractivity (Wildman–Crippen MR) is 201 cm³/mol. The lowest BCUT2D eigenvalue weighted by atomic mass is 9.97. The largest absolute Gasteiger partial charge is 0.456 e. The number of benzene rings is 8. The summed E-state index contributed by atoms with van der Waals surface area (Å²) < 4.78 is 6.52. The smallest absolute Gasteiger partial charge is 0.164 e. The van der Waals surface area contributed by atoms with Gasteiger partial charge in [-0.2, -0.15) is 0 Å². The molecule has 0 atom stereocenters. The number of hydrogen-bond acceptors (Lipinski definition) is 4. The van der Waals surface area contributed by atoms with Gasteiger partial charge in [0.15, 0.2) is 17.5 Å². The Bertz CT molecular complexity index is 2810. The van der Waals surface area contributed by atoms with Crippen molar-refractivity contribution in [3.8, 4) is 45.3 Å². The highest BCUT2D eigenvalue weighted by Crippen LogP contribution is 2.39. The monoisotopic (exact) mass is 625 g/mol. The van der Waals surface area contributed by atoms with E-state index in [2.05, 4.69) is 158 Å². The maximum absolute atomic E-state index is 6.52. The summed E-state index contributed by atoms with van der Waals surface area (Å²) >= 11 is 0. The SMILES string of the molecule is c1ccc2cc(-c3nc(-c4ccc5ccccc5c4)nc(-c4ccc5c(c4)oc4cccc(-c6ccc7ccccc7c6)c45)n3)ccc2c1. The van der Waals surface area contributed by atoms with Gasteiger partial charge in [-0.3, -0.25) is 0 Å². The summed E-state index contributed by atoms with van der Waals surface area (Å²) in [5.74, 6) is 1.85. The van der Waals surface area contributed by atoms with Gasteiger partial charge in [0.05, 0.1) is 0 Å². The zero-order valence-corrected chi connectivity index (χ0v) is 26.3. The number of nitrogens with zero attached hydrogens (tertiary/aromatic N) is 3. The highest BCUT2D eigenvalue weighted by Gasteiger charge is 2.17. The first-order valence-electron chi connectivity index (χ1n) is 16.4. The Kier molecular flexibility index (Phi) is 6.15. The van der Waals surface area contributed by atoms with Crippen molar-refractivity contribution in [2.24, 2.45) is 0 Å². The van der Waals surface area contributed by atoms with Crippen molar-refractivity contribution in [1.82, 2.24) is 15.0 Å². The number of rotatable bonds is 4. The molecule has 10 rings (SSSR count). The van der Waals surface area contributed by atoms with Crippen LogP contribution in [0.3, 0.4) is 0 Å². The summed E-state index contributed by atoms with van der Waals surface area (Å²) in [4.78, 5) is 15.2. The molecule has 0 aliphatic heterocycles. The van der Waals surface area contributed by atoms with E-state index in [0.29, 0.717) is 17.5 Å². The van der Waals surface area contributed by atoms with E-state index in [-0.39, 0.29) is 0 Å². The molecule has 0 aliphatic carbocycles. The zero-order chi connectivity index (χ0) is 32.3. The minimum Gasteiger partial charge on any atom is -0.456 e. The Morgan fingerprint density at radius 1 is 0.327 bits per heavy atom. The lowest BCUT2D eigenvalue weighted by Crippen LogP contribution is -2.00. The Labute approximate surface area is 282 Å². The van der Waals surface area contributed by atoms with Gasteiger partial charge in [0.1, 0.15) is 11.2 Å². The molecule has 0 saturated heterocycles. The first kappa shape index (κ1) is 27.5. The normalized spacial score (nSPS) is 11.7. The molecule has 4 nitrogen and oxygen atoms in total. The summed E-state index contributed by atoms with van der Waals surface area (Å²) in [6.45, 7) is 0. The van der Waals surface area contributed by atoms with Crippen molar-refractivity contribution >= 4 is 54.3 Å². The standard InChI is InChI=1S/C45H27N3O/c1-4-11-31-24-34(19-16-28(31)8-1)38-14-7-15-40-42(38)39-23-22-37(27-41(39)49-40)45-47-43(35-20-17-29-9-2-5-12-32(29)25-35)46-44(48-45)36-21-18-30-10-3-6-13-33(30)26-36/h1-27H. The molecule has 0 aliphatic rings. The van der Waals surface area contributed by atoms with Crippen LogP contribution >= 0.6 is 0 Å². The fourth-order valence-corrected chi connectivity index (χ4v) is 6.98. The summed E-state index contributed by atoms with van der Waals surface area (Å²) in [5.41, 5.74) is 6.69. The Morgan fingerprint density at radius 3 is 1.33 bits per heavy atom. The molecule has 4 heteroatoms. The molecule has 10 aromatic rings. The van der Waals surface area contributed by atoms with Gasteiger partial charge in [0, 0.05) is 27.5 Å². The maximum atomic E-state index is 6.52. The van der Waals surface area contributed by atoms with Crippen molar-refractivity contribution in [3.05, 3.63) is 164 Å². The molecule has 0 bridgehead atoms. The van der Waals surface area contributed by atoms with Gasteiger partial charge < -0.3 is 4.42 Å². The van der Waals surface area contributed by atoms with Crippen molar-refractivity contribution in [1.29, 1.82) is 0 Å². The van der Waals surface area contributed by atoms with E-state index in [1.165, 1.54) is 21.5 Å². The molecule has 0 amide bonds. The third-order valence-corrected chi connectivity index (χ3v) is 9.47. The van der Waals surface area contributed by atoms with Crippen LogP contribution in [0.4, 0.5) is 0 Å². The first-order valence-corrected chi connectivity index (χ1v) is 16.4. The maximum Gasteiger partial charge on any atom is 0.164 e. The van der Waals surface area contributed by atoms with Crippen LogP contribution in [-0.4, -0.2) is 15.0 Å². The van der Waals surface area contributed by atoms with E-state index in [9.17, 15) is 0 Å². The van der Waals surface area contributed by atoms with Gasteiger partial charge in [-0.05, 0) is 79.8 Å². The molecule has 2 heterocycles. The predicted octanol–water partition coefficient (Wildman–Crippen LogP) is 11.9. The molecular weight excluding hydrogens is 599 g/mol. The second-order valence-corrected chi connectivity index (χ2v) is 12.5. The summed E-state index contributed by atoms with van der Waals surface area (Å²) in [5, 5.41) is 9.22. The Hall–Kier alpha value is -6.65. The second-order valence-electron chi connectivity index (χ2n) is 12.5. The van der Waals surface area contributed by atoms with Gasteiger partial charge in [0.2, 0.25) is 0 Å². The fourth-order valence-electron chi connectivity index (χ4n) is 6.98. The lowest BCUT2D eigenvalue weighted by molar-refractivity contribution is 0.669. The first-order chi connectivity index (χ1) is 24.2. The average Bonchev–Trinajstić information content (AvgIpc) is 3.55. The Morgan fingerprint density at radius 2 is 0.776 bits per heavy atom. The van der Waals surface area contributed by atoms with Gasteiger partial charge in [0.25, 0.3) is 0 Å². The van der Waals surface area contributed by atoms with Crippen LogP contribution < -0.4 is 0 Å². The van der Waals surface area contributed by atoms with E-state index in [0.717, 1.165) is 60.5 Å². The molecule has 0 N–H and O–H groups in total. The molecule has 0 unspecified atom stereocenters. The third kappa shape index (κ3) is 4.73. The van der Waals surface area contributed by atoms with Crippen LogP contribution in [0.15, 0.2) is 168 Å². The minimum atomic E-state index is 0.596. The third-order valence-electron chi connectivity index (χ3n) is 9.47. The highest BCUT2D eigenvalue weighted by atomic mass is 16.3. The van der Waals surface area contributed by atoms with Gasteiger partial charge in [-0.25, -0.2) is 15.0 Å². The van der Waals surface area contributed by atoms with Crippen molar-refractivity contribution in [2.75, 3.05) is 0 Å². The van der Waals surface area contributed by atoms with E-state index >= 15 is 0 Å². The van der Waals surface area contributed by atoms with E-state index in [1.807, 2.05) is 6.07 Å². The van der Waals surface area contributed by atoms with Crippen molar-refractivity contribution in [2.45, 2.75) is 0 Å². The highest BCUT2D eigenvalue weighted by molar-refractivity contribution is 6.13. The number of furan rings is 1. The molecule has 0 spiro atoms. The van der Waals surface area contributed by atoms with Crippen LogP contribution in [-0.2, 0) is 0 Å². The molecule has 8 aromatic carbocycles. The number of fused-ring (bicyclic) bond motifs is 6. The number of hydrogen-bond donors (Lipinski definition) is 0. The zero-order valence-electron chi connectivity index (χ0n) is 26.3. The van der Waals surface area contributed by atoms with Crippen LogP contribution in [0.1, 0.15) is 0 Å². The summed E-state index contributed by atoms with van der Waals surface area (Å²) in [6, 6.07) is 57.1. The van der Waals surface area contributed by atoms with Crippen LogP contribution in [0.25, 0.3) is 99.5 Å². The van der Waals surface area contributed by atoms with Crippen LogP contribution in [0.5, 0.6) is 0 Å². The average molecular weight is 626 g/mol. The van der Waals surface area contributed by atoms with E-state index < -0.39 is 0 Å². The fraction of sp³-hybridized carbons (Fsp3) is 0. The summed E-state index contributed by atoms with van der Waals surface area (Å²) in [6.07, 6.45) is 0. The second kappa shape index (κ2) is 11.0. The van der Waals surface area contributed by atoms with E-state index in [4.69, 9.17) is 19.4 Å². The van der Waals surface area contributed by atoms with Crippen molar-refractivity contribution < 1.29 is 4.42 Å². The topological polar surface area (TPSA) is 51.8 Å². The number of aromatic nitrogens is 3. The lowest BCUT2D eigenvalue weighted by Gasteiger charge is -2.10. The molecular formula is C45H27N3O. The molecule has 2 aromatic heterocycles. The Balaban J connectivity index is 1.14.